The number of amides is 2. The molecule has 10 nitrogen and oxygen atoms in total. The van der Waals surface area contributed by atoms with Crippen LogP contribution in [0.25, 0.3) is 10.8 Å². The van der Waals surface area contributed by atoms with Crippen molar-refractivity contribution in [2.75, 3.05) is 13.1 Å². The smallest absolute Gasteiger partial charge is 0.410 e. The van der Waals surface area contributed by atoms with Gasteiger partial charge in [-0.05, 0) is 47.1 Å². The normalized spacial score (nSPS) is 23.5. The highest BCUT2D eigenvalue weighted by Crippen LogP contribution is 2.31. The molecule has 4 heterocycles. The zero-order valence-corrected chi connectivity index (χ0v) is 21.7. The third kappa shape index (κ3) is 5.41. The second-order valence-corrected chi connectivity index (χ2v) is 10.7. The molecule has 36 heavy (non-hydrogen) atoms. The third-order valence-electron chi connectivity index (χ3n) is 6.35. The molecule has 2 saturated heterocycles. The van der Waals surface area contributed by atoms with Crippen molar-refractivity contribution in [3.63, 3.8) is 0 Å². The fourth-order valence-electron chi connectivity index (χ4n) is 4.43. The van der Waals surface area contributed by atoms with Crippen LogP contribution in [0.2, 0.25) is 5.15 Å². The first-order valence-corrected chi connectivity index (χ1v) is 12.3. The zero-order chi connectivity index (χ0) is 26.4. The summed E-state index contributed by atoms with van der Waals surface area (Å²) in [4.78, 5) is 45.7. The monoisotopic (exact) mass is 523 g/mol. The number of aromatic nitrogens is 2. The van der Waals surface area contributed by atoms with Gasteiger partial charge in [0.15, 0.2) is 11.0 Å². The summed E-state index contributed by atoms with van der Waals surface area (Å²) in [6.45, 7) is 9.90. The molecule has 0 aromatic carbocycles. The van der Waals surface area contributed by atoms with E-state index in [0.717, 1.165) is 0 Å². The number of carbonyl (C=O) groups excluding carboxylic acids is 2. The first-order chi connectivity index (χ1) is 16.8. The van der Waals surface area contributed by atoms with E-state index >= 15 is 0 Å². The SMILES string of the molecule is CC(Oc1nc(Cl)c(F)c2cc(C3CCC(=O)N3)[nH]c(=O)c12)C1CN(C(=O)OC(C)(C)C)C(C)CN1. The second kappa shape index (κ2) is 9.85. The van der Waals surface area contributed by atoms with Crippen LogP contribution < -0.4 is 20.9 Å². The van der Waals surface area contributed by atoms with Crippen molar-refractivity contribution in [3.05, 3.63) is 33.1 Å². The van der Waals surface area contributed by atoms with E-state index in [-0.39, 0.29) is 34.6 Å². The maximum atomic E-state index is 15.0. The minimum atomic E-state index is -0.843. The standard InChI is InChI=1S/C24H31ClFN5O5/c1-11-9-27-16(10-31(11)23(34)36-24(3,4)5)12(2)35-22-18-13(19(26)20(25)30-22)8-15(29-21(18)33)14-6-7-17(32)28-14/h8,11-12,14,16,27H,6-7,9-10H2,1-5H3,(H,28,32)(H,29,33). The number of ether oxygens (including phenoxy) is 2. The van der Waals surface area contributed by atoms with E-state index in [9.17, 15) is 18.8 Å². The van der Waals surface area contributed by atoms with Crippen molar-refractivity contribution >= 4 is 34.4 Å². The van der Waals surface area contributed by atoms with Crippen LogP contribution in [0.15, 0.2) is 10.9 Å². The van der Waals surface area contributed by atoms with Crippen LogP contribution in [0.1, 0.15) is 59.2 Å². The molecule has 0 spiro atoms. The van der Waals surface area contributed by atoms with Crippen molar-refractivity contribution in [2.45, 2.75) is 77.3 Å². The molecule has 2 fully saturated rings. The molecule has 3 N–H and O–H groups in total. The Bertz CT molecular complexity index is 1250. The van der Waals surface area contributed by atoms with Crippen LogP contribution in [0.3, 0.4) is 0 Å². The lowest BCUT2D eigenvalue weighted by Gasteiger charge is -2.41. The van der Waals surface area contributed by atoms with E-state index in [4.69, 9.17) is 21.1 Å². The molecule has 4 unspecified atom stereocenters. The molecule has 12 heteroatoms. The third-order valence-corrected chi connectivity index (χ3v) is 6.60. The van der Waals surface area contributed by atoms with Crippen molar-refractivity contribution in [2.24, 2.45) is 0 Å². The van der Waals surface area contributed by atoms with Crippen molar-refractivity contribution in [3.8, 4) is 5.88 Å². The van der Waals surface area contributed by atoms with Crippen LogP contribution in [0.5, 0.6) is 5.88 Å². The molecule has 2 aliphatic heterocycles. The number of fused-ring (bicyclic) bond motifs is 1. The Hall–Kier alpha value is -2.92. The summed E-state index contributed by atoms with van der Waals surface area (Å²) < 4.78 is 26.5. The van der Waals surface area contributed by atoms with Crippen LogP contribution in [-0.2, 0) is 9.53 Å². The summed E-state index contributed by atoms with van der Waals surface area (Å²) in [5.74, 6) is -1.10. The van der Waals surface area contributed by atoms with Crippen molar-refractivity contribution in [1.29, 1.82) is 0 Å². The van der Waals surface area contributed by atoms with E-state index in [0.29, 0.717) is 31.6 Å². The Balaban J connectivity index is 1.60. The van der Waals surface area contributed by atoms with Gasteiger partial charge in [0.1, 0.15) is 17.1 Å². The van der Waals surface area contributed by atoms with E-state index in [1.54, 1.807) is 32.6 Å². The Morgan fingerprint density at radius 1 is 1.33 bits per heavy atom. The van der Waals surface area contributed by atoms with Gasteiger partial charge in [0.2, 0.25) is 11.8 Å². The van der Waals surface area contributed by atoms with Crippen LogP contribution >= 0.6 is 11.6 Å². The van der Waals surface area contributed by atoms with Gasteiger partial charge in [0.25, 0.3) is 5.56 Å². The highest BCUT2D eigenvalue weighted by Gasteiger charge is 2.35. The average Bonchev–Trinajstić information content (AvgIpc) is 3.22. The fourth-order valence-corrected chi connectivity index (χ4v) is 4.61. The minimum absolute atomic E-state index is 0.0438. The molecule has 2 aromatic rings. The zero-order valence-electron chi connectivity index (χ0n) is 20.9. The fraction of sp³-hybridized carbons (Fsp3) is 0.583. The van der Waals surface area contributed by atoms with Crippen LogP contribution in [-0.4, -0.2) is 63.7 Å². The van der Waals surface area contributed by atoms with Gasteiger partial charge in [0, 0.05) is 36.6 Å². The van der Waals surface area contributed by atoms with Gasteiger partial charge in [-0.2, -0.15) is 4.98 Å². The molecule has 4 atom stereocenters. The topological polar surface area (TPSA) is 126 Å². The molecule has 2 amide bonds. The maximum absolute atomic E-state index is 15.0. The number of aromatic amines is 1. The Morgan fingerprint density at radius 2 is 2.06 bits per heavy atom. The number of hydrogen-bond donors (Lipinski definition) is 3. The molecule has 0 radical (unpaired) electrons. The van der Waals surface area contributed by atoms with E-state index < -0.39 is 40.4 Å². The Kier molecular flexibility index (Phi) is 7.16. The highest BCUT2D eigenvalue weighted by molar-refractivity contribution is 6.30. The number of carbonyl (C=O) groups is 2. The van der Waals surface area contributed by atoms with E-state index in [2.05, 4.69) is 20.6 Å². The maximum Gasteiger partial charge on any atom is 0.410 e. The van der Waals surface area contributed by atoms with Crippen molar-refractivity contribution in [1.82, 2.24) is 25.5 Å². The molecule has 2 aromatic heterocycles. The van der Waals surface area contributed by atoms with Crippen molar-refractivity contribution < 1.29 is 23.5 Å². The predicted octanol–water partition coefficient (Wildman–Crippen LogP) is 3.03. The molecule has 4 rings (SSSR count). The van der Waals surface area contributed by atoms with E-state index in [1.807, 2.05) is 6.92 Å². The quantitative estimate of drug-likeness (QED) is 0.526. The number of halogens is 2. The number of nitrogens with zero attached hydrogens (tertiary/aromatic N) is 2. The summed E-state index contributed by atoms with van der Waals surface area (Å²) >= 11 is 6.06. The minimum Gasteiger partial charge on any atom is -0.472 e. The molecule has 2 aliphatic rings. The van der Waals surface area contributed by atoms with Crippen LogP contribution in [0.4, 0.5) is 9.18 Å². The number of piperazine rings is 1. The molecular formula is C24H31ClFN5O5. The lowest BCUT2D eigenvalue weighted by Crippen LogP contribution is -2.61. The Morgan fingerprint density at radius 3 is 2.69 bits per heavy atom. The summed E-state index contributed by atoms with van der Waals surface area (Å²) in [6.07, 6.45) is -0.178. The molecular weight excluding hydrogens is 493 g/mol. The van der Waals surface area contributed by atoms with Gasteiger partial charge >= 0.3 is 6.09 Å². The summed E-state index contributed by atoms with van der Waals surface area (Å²) in [5, 5.41) is 5.54. The molecule has 0 aliphatic carbocycles. The first-order valence-electron chi connectivity index (χ1n) is 11.9. The number of pyridine rings is 2. The van der Waals surface area contributed by atoms with Gasteiger partial charge in [-0.25, -0.2) is 9.18 Å². The highest BCUT2D eigenvalue weighted by atomic mass is 35.5. The largest absolute Gasteiger partial charge is 0.472 e. The number of hydrogen-bond acceptors (Lipinski definition) is 7. The van der Waals surface area contributed by atoms with E-state index in [1.165, 1.54) is 6.07 Å². The summed E-state index contributed by atoms with van der Waals surface area (Å²) in [5.41, 5.74) is -0.849. The molecule has 0 bridgehead atoms. The average molecular weight is 524 g/mol. The second-order valence-electron chi connectivity index (χ2n) is 10.3. The molecule has 0 saturated carbocycles. The van der Waals surface area contributed by atoms with Gasteiger partial charge in [-0.1, -0.05) is 11.6 Å². The van der Waals surface area contributed by atoms with Gasteiger partial charge in [-0.15, -0.1) is 0 Å². The number of nitrogens with one attached hydrogen (secondary N) is 3. The summed E-state index contributed by atoms with van der Waals surface area (Å²) in [6, 6.07) is 0.621. The predicted molar refractivity (Wildman–Crippen MR) is 132 cm³/mol. The number of H-pyrrole nitrogens is 1. The number of rotatable bonds is 4. The lowest BCUT2D eigenvalue weighted by atomic mass is 10.1. The molecule has 196 valence electrons. The summed E-state index contributed by atoms with van der Waals surface area (Å²) in [7, 11) is 0. The van der Waals surface area contributed by atoms with Crippen LogP contribution in [0, 0.1) is 5.82 Å². The van der Waals surface area contributed by atoms with Gasteiger partial charge in [0.05, 0.1) is 12.1 Å². The van der Waals surface area contributed by atoms with Gasteiger partial charge in [-0.3, -0.25) is 9.59 Å². The first kappa shape index (κ1) is 26.2. The lowest BCUT2D eigenvalue weighted by molar-refractivity contribution is -0.119. The van der Waals surface area contributed by atoms with Gasteiger partial charge < -0.3 is 30.0 Å². The Labute approximate surface area is 212 Å².